The van der Waals surface area contributed by atoms with Crippen molar-refractivity contribution in [3.8, 4) is 0 Å². The van der Waals surface area contributed by atoms with Gasteiger partial charge < -0.3 is 9.47 Å². The van der Waals surface area contributed by atoms with Crippen LogP contribution in [0.1, 0.15) is 6.42 Å². The zero-order valence-electron chi connectivity index (χ0n) is 15.1. The summed E-state index contributed by atoms with van der Waals surface area (Å²) in [6, 6.07) is 0. The molecular formula is C14H18Br4O8S2. The van der Waals surface area contributed by atoms with Crippen LogP contribution in [-0.2, 0) is 38.1 Å². The van der Waals surface area contributed by atoms with Gasteiger partial charge in [0.15, 0.2) is 0 Å². The van der Waals surface area contributed by atoms with E-state index in [1.165, 1.54) is 14.2 Å². The smallest absolute Gasteiger partial charge is 0.264 e. The highest BCUT2D eigenvalue weighted by molar-refractivity contribution is 9.16. The molecule has 0 aliphatic heterocycles. The first-order valence-electron chi connectivity index (χ1n) is 7.91. The number of fused-ring (bicyclic) bond motifs is 5. The first kappa shape index (κ1) is 24.1. The Balaban J connectivity index is 2.26. The van der Waals surface area contributed by atoms with Crippen LogP contribution in [0.5, 0.6) is 0 Å². The lowest BCUT2D eigenvalue weighted by Gasteiger charge is -2.43. The first-order valence-corrected chi connectivity index (χ1v) is 14.7. The highest BCUT2D eigenvalue weighted by Gasteiger charge is 2.87. The van der Waals surface area contributed by atoms with Crippen LogP contribution in [0.3, 0.4) is 0 Å². The maximum atomic E-state index is 11.9. The van der Waals surface area contributed by atoms with Gasteiger partial charge in [-0.1, -0.05) is 63.7 Å². The average Bonchev–Trinajstić information content (AvgIpc) is 3.00. The minimum absolute atomic E-state index is 0.0558. The molecule has 4 unspecified atom stereocenters. The van der Waals surface area contributed by atoms with E-state index in [0.29, 0.717) is 8.96 Å². The quantitative estimate of drug-likeness (QED) is 0.237. The zero-order valence-corrected chi connectivity index (χ0v) is 23.1. The molecule has 0 radical (unpaired) electrons. The van der Waals surface area contributed by atoms with E-state index in [0.717, 1.165) is 12.5 Å². The number of methoxy groups -OCH3 is 2. The Morgan fingerprint density at radius 1 is 0.821 bits per heavy atom. The SMILES string of the molecule is COC1(OC)C2(Br)C(Br)=C(Br)C1(Br)C1C2[C@@H](OS(C)(=O)=O)C[C@@H]1OS(C)(=O)=O. The molecular weight excluding hydrogens is 680 g/mol. The van der Waals surface area contributed by atoms with Gasteiger partial charge in [0, 0.05) is 41.4 Å². The summed E-state index contributed by atoms with van der Waals surface area (Å²) in [5.41, 5.74) is 0. The van der Waals surface area contributed by atoms with Crippen molar-refractivity contribution in [2.45, 2.75) is 33.1 Å². The Labute approximate surface area is 197 Å². The van der Waals surface area contributed by atoms with E-state index in [1.807, 2.05) is 0 Å². The standard InChI is InChI=1S/C14H18Br4O8S2/c1-23-14(24-2)12(17)8-6(25-27(3,19)20)5-7(26-28(4,21)22)9(8)13(14,18)11(16)10(12)15/h6-9H,5H2,1-4H3/t6-,7-,8?,9?,12?,13?/m0/s1. The first-order chi connectivity index (χ1) is 12.6. The van der Waals surface area contributed by atoms with Crippen molar-refractivity contribution >= 4 is 84.0 Å². The van der Waals surface area contributed by atoms with Gasteiger partial charge >= 0.3 is 0 Å². The fraction of sp³-hybridized carbons (Fsp3) is 0.857. The van der Waals surface area contributed by atoms with E-state index in [-0.39, 0.29) is 6.42 Å². The minimum atomic E-state index is -3.82. The maximum absolute atomic E-state index is 11.9. The van der Waals surface area contributed by atoms with Crippen molar-refractivity contribution in [3.63, 3.8) is 0 Å². The molecule has 2 saturated carbocycles. The summed E-state index contributed by atoms with van der Waals surface area (Å²) in [5.74, 6) is -2.49. The Hall–Kier alpha value is 1.40. The molecule has 6 atom stereocenters. The topological polar surface area (TPSA) is 105 Å². The van der Waals surface area contributed by atoms with Gasteiger partial charge in [0.2, 0.25) is 5.79 Å². The van der Waals surface area contributed by atoms with E-state index in [9.17, 15) is 16.8 Å². The molecule has 28 heavy (non-hydrogen) atoms. The van der Waals surface area contributed by atoms with Crippen LogP contribution in [0, 0.1) is 11.8 Å². The summed E-state index contributed by atoms with van der Waals surface area (Å²) >= 11 is 14.6. The lowest BCUT2D eigenvalue weighted by atomic mass is 9.84. The second kappa shape index (κ2) is 7.20. The summed E-state index contributed by atoms with van der Waals surface area (Å²) in [4.78, 5) is 0. The third-order valence-electron chi connectivity index (χ3n) is 5.53. The molecule has 162 valence electrons. The van der Waals surface area contributed by atoms with E-state index >= 15 is 0 Å². The summed E-state index contributed by atoms with van der Waals surface area (Å²) in [7, 11) is -4.73. The second-order valence-electron chi connectivity index (χ2n) is 7.04. The molecule has 3 aliphatic rings. The number of alkyl halides is 2. The lowest BCUT2D eigenvalue weighted by molar-refractivity contribution is -0.218. The second-order valence-corrected chi connectivity index (χ2v) is 14.3. The average molecular weight is 698 g/mol. The van der Waals surface area contributed by atoms with Gasteiger partial charge in [0.1, 0.15) is 8.65 Å². The Bertz CT molecular complexity index is 861. The Morgan fingerprint density at radius 2 is 1.14 bits per heavy atom. The summed E-state index contributed by atoms with van der Waals surface area (Å²) in [5, 5.41) is 0. The fourth-order valence-corrected chi connectivity index (χ4v) is 11.5. The van der Waals surface area contributed by atoms with E-state index in [2.05, 4.69) is 63.7 Å². The zero-order chi connectivity index (χ0) is 21.5. The van der Waals surface area contributed by atoms with Gasteiger partial charge in [0.25, 0.3) is 20.2 Å². The van der Waals surface area contributed by atoms with E-state index in [1.54, 1.807) is 0 Å². The minimum Gasteiger partial charge on any atom is -0.350 e. The van der Waals surface area contributed by atoms with E-state index in [4.69, 9.17) is 17.8 Å². The highest BCUT2D eigenvalue weighted by Crippen LogP contribution is 2.79. The van der Waals surface area contributed by atoms with Gasteiger partial charge in [-0.25, -0.2) is 0 Å². The van der Waals surface area contributed by atoms with Crippen molar-refractivity contribution in [2.24, 2.45) is 11.8 Å². The summed E-state index contributed by atoms with van der Waals surface area (Å²) < 4.78 is 69.1. The normalized spacial score (nSPS) is 42.3. The molecule has 2 bridgehead atoms. The molecule has 0 N–H and O–H groups in total. The van der Waals surface area contributed by atoms with Crippen LogP contribution in [0.25, 0.3) is 0 Å². The van der Waals surface area contributed by atoms with Crippen LogP contribution in [0.15, 0.2) is 8.96 Å². The molecule has 0 heterocycles. The van der Waals surface area contributed by atoms with Crippen molar-refractivity contribution < 1.29 is 34.7 Å². The van der Waals surface area contributed by atoms with E-state index < -0.39 is 58.7 Å². The number of hydrogen-bond acceptors (Lipinski definition) is 8. The largest absolute Gasteiger partial charge is 0.350 e. The molecule has 0 spiro atoms. The van der Waals surface area contributed by atoms with Gasteiger partial charge in [-0.3, -0.25) is 8.37 Å². The molecule has 0 amide bonds. The third-order valence-corrected chi connectivity index (χ3v) is 13.3. The number of ether oxygens (including phenoxy) is 2. The summed E-state index contributed by atoms with van der Waals surface area (Å²) in [6.07, 6.45) is 0.212. The van der Waals surface area contributed by atoms with Gasteiger partial charge in [-0.2, -0.15) is 16.8 Å². The van der Waals surface area contributed by atoms with Gasteiger partial charge in [-0.05, 0) is 0 Å². The molecule has 14 heteroatoms. The van der Waals surface area contributed by atoms with Crippen LogP contribution in [-0.4, -0.2) is 70.2 Å². The van der Waals surface area contributed by atoms with Gasteiger partial charge in [0.05, 0.1) is 24.7 Å². The molecule has 3 aliphatic carbocycles. The van der Waals surface area contributed by atoms with Crippen molar-refractivity contribution in [3.05, 3.63) is 8.96 Å². The van der Waals surface area contributed by atoms with Crippen molar-refractivity contribution in [2.75, 3.05) is 26.7 Å². The molecule has 3 rings (SSSR count). The fourth-order valence-electron chi connectivity index (χ4n) is 4.92. The van der Waals surface area contributed by atoms with Crippen molar-refractivity contribution in [1.29, 1.82) is 0 Å². The Morgan fingerprint density at radius 3 is 1.39 bits per heavy atom. The van der Waals surface area contributed by atoms with Crippen LogP contribution >= 0.6 is 63.7 Å². The molecule has 0 aromatic carbocycles. The highest BCUT2D eigenvalue weighted by atomic mass is 79.9. The maximum Gasteiger partial charge on any atom is 0.264 e. The Kier molecular flexibility index (Phi) is 6.19. The van der Waals surface area contributed by atoms with Crippen LogP contribution in [0.2, 0.25) is 0 Å². The summed E-state index contributed by atoms with van der Waals surface area (Å²) in [6.45, 7) is 0. The van der Waals surface area contributed by atoms with Crippen molar-refractivity contribution in [1.82, 2.24) is 0 Å². The number of rotatable bonds is 6. The third kappa shape index (κ3) is 3.03. The molecule has 0 aromatic rings. The molecule has 2 fully saturated rings. The molecule has 0 saturated heterocycles. The molecule has 0 aromatic heterocycles. The lowest BCUT2D eigenvalue weighted by Crippen LogP contribution is -2.58. The number of hydrogen-bond donors (Lipinski definition) is 0. The predicted molar refractivity (Wildman–Crippen MR) is 116 cm³/mol. The predicted octanol–water partition coefficient (Wildman–Crippen LogP) is 2.60. The van der Waals surface area contributed by atoms with Gasteiger partial charge in [-0.15, -0.1) is 0 Å². The van der Waals surface area contributed by atoms with Crippen LogP contribution < -0.4 is 0 Å². The molecule has 8 nitrogen and oxygen atoms in total. The van der Waals surface area contributed by atoms with Crippen LogP contribution in [0.4, 0.5) is 0 Å². The monoisotopic (exact) mass is 694 g/mol. The number of halogens is 4.